The van der Waals surface area contributed by atoms with Crippen molar-refractivity contribution in [2.24, 2.45) is 5.73 Å². The summed E-state index contributed by atoms with van der Waals surface area (Å²) in [6.45, 7) is 4.34. The van der Waals surface area contributed by atoms with Crippen molar-refractivity contribution >= 4 is 5.69 Å². The summed E-state index contributed by atoms with van der Waals surface area (Å²) in [4.78, 5) is 4.81. The topological polar surface area (TPSA) is 32.5 Å². The van der Waals surface area contributed by atoms with E-state index in [1.807, 2.05) is 6.92 Å². The maximum absolute atomic E-state index is 5.89. The SMILES string of the molecule is CC(N)c1ccc(N2CCCC2CN(C)C)cc1. The molecule has 0 aromatic heterocycles. The molecule has 1 heterocycles. The fraction of sp³-hybridized carbons (Fsp3) is 0.600. The van der Waals surface area contributed by atoms with Gasteiger partial charge in [0, 0.05) is 30.9 Å². The van der Waals surface area contributed by atoms with Crippen LogP contribution in [0.5, 0.6) is 0 Å². The van der Waals surface area contributed by atoms with Crippen LogP contribution in [0.4, 0.5) is 5.69 Å². The predicted octanol–water partition coefficient (Wildman–Crippen LogP) is 2.24. The lowest BCUT2D eigenvalue weighted by Gasteiger charge is -2.29. The number of likely N-dealkylation sites (N-methyl/N-ethyl adjacent to an activating group) is 1. The first-order valence-electron chi connectivity index (χ1n) is 6.85. The molecule has 1 aromatic rings. The average Bonchev–Trinajstić information content (AvgIpc) is 2.76. The Morgan fingerprint density at radius 1 is 1.33 bits per heavy atom. The standard InChI is InChI=1S/C15H25N3/c1-12(16)13-6-8-14(9-7-13)18-10-4-5-15(18)11-17(2)3/h6-9,12,15H,4-5,10-11,16H2,1-3H3. The Labute approximate surface area is 111 Å². The Kier molecular flexibility index (Phi) is 4.25. The van der Waals surface area contributed by atoms with E-state index in [2.05, 4.69) is 48.2 Å². The highest BCUT2D eigenvalue weighted by Crippen LogP contribution is 2.26. The van der Waals surface area contributed by atoms with E-state index in [0.29, 0.717) is 6.04 Å². The molecule has 3 nitrogen and oxygen atoms in total. The van der Waals surface area contributed by atoms with Gasteiger partial charge in [-0.1, -0.05) is 12.1 Å². The van der Waals surface area contributed by atoms with Crippen LogP contribution in [0.1, 0.15) is 31.4 Å². The van der Waals surface area contributed by atoms with Crippen molar-refractivity contribution in [2.75, 3.05) is 32.1 Å². The van der Waals surface area contributed by atoms with Crippen LogP contribution in [0.25, 0.3) is 0 Å². The largest absolute Gasteiger partial charge is 0.367 e. The predicted molar refractivity (Wildman–Crippen MR) is 78.0 cm³/mol. The fourth-order valence-electron chi connectivity index (χ4n) is 2.76. The summed E-state index contributed by atoms with van der Waals surface area (Å²) >= 11 is 0. The van der Waals surface area contributed by atoms with Gasteiger partial charge in [-0.05, 0) is 51.6 Å². The van der Waals surface area contributed by atoms with Gasteiger partial charge in [-0.25, -0.2) is 0 Å². The number of rotatable bonds is 4. The summed E-state index contributed by atoms with van der Waals surface area (Å²) in [5.41, 5.74) is 8.44. The minimum absolute atomic E-state index is 0.121. The number of benzene rings is 1. The van der Waals surface area contributed by atoms with E-state index in [0.717, 1.165) is 6.54 Å². The van der Waals surface area contributed by atoms with Gasteiger partial charge in [0.15, 0.2) is 0 Å². The fourth-order valence-corrected chi connectivity index (χ4v) is 2.76. The van der Waals surface area contributed by atoms with E-state index < -0.39 is 0 Å². The van der Waals surface area contributed by atoms with Crippen molar-refractivity contribution in [3.8, 4) is 0 Å². The molecule has 1 saturated heterocycles. The van der Waals surface area contributed by atoms with Crippen molar-refractivity contribution in [1.29, 1.82) is 0 Å². The Hall–Kier alpha value is -1.06. The second-order valence-electron chi connectivity index (χ2n) is 5.63. The van der Waals surface area contributed by atoms with Crippen LogP contribution in [-0.2, 0) is 0 Å². The van der Waals surface area contributed by atoms with Crippen molar-refractivity contribution < 1.29 is 0 Å². The third kappa shape index (κ3) is 3.03. The molecule has 0 radical (unpaired) electrons. The lowest BCUT2D eigenvalue weighted by molar-refractivity contribution is 0.372. The molecule has 0 saturated carbocycles. The summed E-state index contributed by atoms with van der Waals surface area (Å²) in [5, 5.41) is 0. The van der Waals surface area contributed by atoms with Gasteiger partial charge in [-0.3, -0.25) is 0 Å². The van der Waals surface area contributed by atoms with Gasteiger partial charge in [0.05, 0.1) is 0 Å². The van der Waals surface area contributed by atoms with Gasteiger partial charge >= 0.3 is 0 Å². The van der Waals surface area contributed by atoms with Gasteiger partial charge in [-0.2, -0.15) is 0 Å². The number of hydrogen-bond acceptors (Lipinski definition) is 3. The highest BCUT2D eigenvalue weighted by Gasteiger charge is 2.24. The summed E-state index contributed by atoms with van der Waals surface area (Å²) in [5.74, 6) is 0. The molecular formula is C15H25N3. The van der Waals surface area contributed by atoms with E-state index in [1.54, 1.807) is 0 Å². The van der Waals surface area contributed by atoms with Crippen molar-refractivity contribution in [3.05, 3.63) is 29.8 Å². The Morgan fingerprint density at radius 3 is 2.56 bits per heavy atom. The maximum Gasteiger partial charge on any atom is 0.0417 e. The van der Waals surface area contributed by atoms with Gasteiger partial charge in [0.2, 0.25) is 0 Å². The lowest BCUT2D eigenvalue weighted by atomic mass is 10.1. The van der Waals surface area contributed by atoms with Crippen LogP contribution in [0, 0.1) is 0 Å². The summed E-state index contributed by atoms with van der Waals surface area (Å²) in [6.07, 6.45) is 2.60. The van der Waals surface area contributed by atoms with Crippen LogP contribution in [0.15, 0.2) is 24.3 Å². The number of nitrogens with zero attached hydrogens (tertiary/aromatic N) is 2. The molecule has 100 valence electrons. The molecule has 3 heteroatoms. The average molecular weight is 247 g/mol. The van der Waals surface area contributed by atoms with Crippen molar-refractivity contribution in [3.63, 3.8) is 0 Å². The molecule has 1 aromatic carbocycles. The molecule has 1 fully saturated rings. The quantitative estimate of drug-likeness (QED) is 0.885. The van der Waals surface area contributed by atoms with Crippen LogP contribution in [0.2, 0.25) is 0 Å². The minimum Gasteiger partial charge on any atom is -0.367 e. The Morgan fingerprint density at radius 2 is 2.00 bits per heavy atom. The maximum atomic E-state index is 5.89. The van der Waals surface area contributed by atoms with Crippen LogP contribution in [0.3, 0.4) is 0 Å². The normalized spacial score (nSPS) is 21.6. The van der Waals surface area contributed by atoms with Gasteiger partial charge in [-0.15, -0.1) is 0 Å². The molecule has 0 amide bonds. The van der Waals surface area contributed by atoms with Gasteiger partial charge < -0.3 is 15.5 Å². The molecule has 0 bridgehead atoms. The smallest absolute Gasteiger partial charge is 0.0417 e. The highest BCUT2D eigenvalue weighted by atomic mass is 15.2. The first kappa shape index (κ1) is 13.4. The number of hydrogen-bond donors (Lipinski definition) is 1. The number of nitrogens with two attached hydrogens (primary N) is 1. The molecule has 2 atom stereocenters. The molecule has 2 unspecified atom stereocenters. The van der Waals surface area contributed by atoms with Crippen molar-refractivity contribution in [2.45, 2.75) is 31.8 Å². The summed E-state index contributed by atoms with van der Waals surface area (Å²) < 4.78 is 0. The lowest BCUT2D eigenvalue weighted by Crippen LogP contribution is -2.37. The van der Waals surface area contributed by atoms with Crippen molar-refractivity contribution in [1.82, 2.24) is 4.90 Å². The molecular weight excluding hydrogens is 222 g/mol. The molecule has 1 aliphatic heterocycles. The van der Waals surface area contributed by atoms with E-state index >= 15 is 0 Å². The van der Waals surface area contributed by atoms with E-state index in [-0.39, 0.29) is 6.04 Å². The first-order chi connectivity index (χ1) is 8.58. The molecule has 2 N–H and O–H groups in total. The van der Waals surface area contributed by atoms with Crippen LogP contribution in [-0.4, -0.2) is 38.1 Å². The second-order valence-corrected chi connectivity index (χ2v) is 5.63. The summed E-state index contributed by atoms with van der Waals surface area (Å²) in [6, 6.07) is 9.52. The highest BCUT2D eigenvalue weighted by molar-refractivity contribution is 5.50. The van der Waals surface area contributed by atoms with E-state index in [4.69, 9.17) is 5.73 Å². The molecule has 1 aliphatic rings. The Balaban J connectivity index is 2.10. The minimum atomic E-state index is 0.121. The molecule has 0 spiro atoms. The zero-order valence-corrected chi connectivity index (χ0v) is 11.8. The first-order valence-corrected chi connectivity index (χ1v) is 6.85. The van der Waals surface area contributed by atoms with E-state index in [1.165, 1.54) is 30.6 Å². The third-order valence-corrected chi connectivity index (χ3v) is 3.70. The van der Waals surface area contributed by atoms with Gasteiger partial charge in [0.25, 0.3) is 0 Å². The van der Waals surface area contributed by atoms with Gasteiger partial charge in [0.1, 0.15) is 0 Å². The molecule has 0 aliphatic carbocycles. The second kappa shape index (κ2) is 5.72. The number of anilines is 1. The molecule has 2 rings (SSSR count). The monoisotopic (exact) mass is 247 g/mol. The summed E-state index contributed by atoms with van der Waals surface area (Å²) in [7, 11) is 4.30. The van der Waals surface area contributed by atoms with Crippen LogP contribution < -0.4 is 10.6 Å². The zero-order chi connectivity index (χ0) is 13.1. The van der Waals surface area contributed by atoms with Crippen LogP contribution >= 0.6 is 0 Å². The third-order valence-electron chi connectivity index (χ3n) is 3.70. The Bertz CT molecular complexity index is 370. The zero-order valence-electron chi connectivity index (χ0n) is 11.8. The van der Waals surface area contributed by atoms with E-state index in [9.17, 15) is 0 Å². The molecule has 18 heavy (non-hydrogen) atoms.